The minimum Gasteiger partial charge on any atom is -0.463 e. The summed E-state index contributed by atoms with van der Waals surface area (Å²) in [6.07, 6.45) is 3.85. The summed E-state index contributed by atoms with van der Waals surface area (Å²) in [5.74, 6) is -0.489. The molecule has 0 radical (unpaired) electrons. The van der Waals surface area contributed by atoms with Gasteiger partial charge in [0.2, 0.25) is 0 Å². The van der Waals surface area contributed by atoms with Crippen LogP contribution in [0.25, 0.3) is 0 Å². The highest BCUT2D eigenvalue weighted by Crippen LogP contribution is 2.20. The number of carbonyl (C=O) groups is 1. The van der Waals surface area contributed by atoms with Crippen molar-refractivity contribution >= 4 is 14.8 Å². The Hall–Kier alpha value is -0.813. The molecule has 142 valence electrons. The lowest BCUT2D eigenvalue weighted by molar-refractivity contribution is -0.362. The van der Waals surface area contributed by atoms with Gasteiger partial charge in [-0.05, 0) is 25.7 Å². The number of carbonyl (C=O) groups excluding carboxylic acids is 1. The molecule has 0 aliphatic carbocycles. The van der Waals surface area contributed by atoms with Crippen LogP contribution in [0.3, 0.4) is 0 Å². The second-order valence-electron chi connectivity index (χ2n) is 4.87. The van der Waals surface area contributed by atoms with Gasteiger partial charge < -0.3 is 4.74 Å². The molecule has 0 bridgehead atoms. The number of hydrogen-bond donors (Lipinski definition) is 0. The second-order valence-corrected chi connectivity index (χ2v) is 7.24. The van der Waals surface area contributed by atoms with Crippen molar-refractivity contribution in [1.82, 2.24) is 0 Å². The SMILES string of the molecule is C=CC(=O)OCCC[Si](OOCCC)(OOCCC)OOCCC. The maximum atomic E-state index is 11.1. The Bertz CT molecular complexity index is 300. The fourth-order valence-corrected chi connectivity index (χ4v) is 3.03. The highest BCUT2D eigenvalue weighted by molar-refractivity contribution is 6.59. The molecule has 0 aromatic rings. The highest BCUT2D eigenvalue weighted by atomic mass is 28.4. The van der Waals surface area contributed by atoms with Gasteiger partial charge in [-0.15, -0.1) is 0 Å². The molecule has 8 nitrogen and oxygen atoms in total. The van der Waals surface area contributed by atoms with Crippen LogP contribution in [-0.2, 0) is 37.9 Å². The van der Waals surface area contributed by atoms with Gasteiger partial charge >= 0.3 is 14.8 Å². The van der Waals surface area contributed by atoms with Crippen LogP contribution in [0.15, 0.2) is 12.7 Å². The molecule has 0 atom stereocenters. The van der Waals surface area contributed by atoms with Crippen LogP contribution in [0, 0.1) is 0 Å². The summed E-state index contributed by atoms with van der Waals surface area (Å²) in [6.45, 7) is 10.5. The summed E-state index contributed by atoms with van der Waals surface area (Å²) in [6, 6.07) is 0.300. The molecule has 0 saturated carbocycles. The maximum Gasteiger partial charge on any atom is 0.584 e. The largest absolute Gasteiger partial charge is 0.584 e. The molecule has 0 saturated heterocycles. The minimum atomic E-state index is -3.37. The summed E-state index contributed by atoms with van der Waals surface area (Å²) in [7, 11) is -3.37. The maximum absolute atomic E-state index is 11.1. The summed E-state index contributed by atoms with van der Waals surface area (Å²) in [5, 5.41) is 0. The molecule has 0 aliphatic heterocycles. The van der Waals surface area contributed by atoms with Crippen molar-refractivity contribution in [3.8, 4) is 0 Å². The highest BCUT2D eigenvalue weighted by Gasteiger charge is 2.47. The smallest absolute Gasteiger partial charge is 0.463 e. The predicted octanol–water partition coefficient (Wildman–Crippen LogP) is 3.12. The van der Waals surface area contributed by atoms with Crippen LogP contribution in [0.2, 0.25) is 6.04 Å². The standard InChI is InChI=1S/C15H30O8Si/c1-5-10-18-21-24(22-19-11-6-2,23-20-12-7-3)14-9-13-17-15(16)8-4/h8H,4-7,9-14H2,1-3H3. The van der Waals surface area contributed by atoms with Crippen molar-refractivity contribution in [1.29, 1.82) is 0 Å². The van der Waals surface area contributed by atoms with Crippen molar-refractivity contribution in [2.45, 2.75) is 52.5 Å². The first kappa shape index (κ1) is 23.2. The van der Waals surface area contributed by atoms with Gasteiger partial charge in [0.25, 0.3) is 0 Å². The van der Waals surface area contributed by atoms with Crippen molar-refractivity contribution in [3.05, 3.63) is 12.7 Å². The zero-order valence-electron chi connectivity index (χ0n) is 14.9. The zero-order chi connectivity index (χ0) is 18.1. The summed E-state index contributed by atoms with van der Waals surface area (Å²) in [5.41, 5.74) is 0. The molecule has 9 heteroatoms. The average molecular weight is 366 g/mol. The molecular formula is C15H30O8Si. The summed E-state index contributed by atoms with van der Waals surface area (Å²) < 4.78 is 21.1. The minimum absolute atomic E-state index is 0.172. The van der Waals surface area contributed by atoms with E-state index in [1.54, 1.807) is 0 Å². The van der Waals surface area contributed by atoms with Gasteiger partial charge in [0.1, 0.15) is 0 Å². The third-order valence-electron chi connectivity index (χ3n) is 2.46. The Morgan fingerprint density at radius 2 is 1.33 bits per heavy atom. The van der Waals surface area contributed by atoms with Gasteiger partial charge in [0.05, 0.1) is 26.4 Å². The third-order valence-corrected chi connectivity index (χ3v) is 4.54. The first-order chi connectivity index (χ1) is 11.6. The van der Waals surface area contributed by atoms with Crippen LogP contribution in [0.1, 0.15) is 46.5 Å². The molecule has 0 unspecified atom stereocenters. The molecule has 0 aliphatic rings. The van der Waals surface area contributed by atoms with E-state index in [1.807, 2.05) is 20.8 Å². The lowest BCUT2D eigenvalue weighted by Crippen LogP contribution is -2.46. The number of esters is 1. The Morgan fingerprint density at radius 3 is 1.71 bits per heavy atom. The van der Waals surface area contributed by atoms with E-state index in [0.717, 1.165) is 25.3 Å². The Morgan fingerprint density at radius 1 is 0.875 bits per heavy atom. The van der Waals surface area contributed by atoms with E-state index in [4.69, 9.17) is 33.1 Å². The van der Waals surface area contributed by atoms with E-state index in [0.29, 0.717) is 32.3 Å². The van der Waals surface area contributed by atoms with E-state index < -0.39 is 14.8 Å². The van der Waals surface area contributed by atoms with Gasteiger partial charge in [-0.1, -0.05) is 27.4 Å². The van der Waals surface area contributed by atoms with Crippen molar-refractivity contribution in [3.63, 3.8) is 0 Å². The van der Waals surface area contributed by atoms with E-state index in [9.17, 15) is 4.79 Å². The van der Waals surface area contributed by atoms with E-state index in [-0.39, 0.29) is 6.61 Å². The van der Waals surface area contributed by atoms with Gasteiger partial charge in [-0.25, -0.2) is 33.2 Å². The van der Waals surface area contributed by atoms with Crippen LogP contribution in [-0.4, -0.2) is 41.2 Å². The molecule has 0 aromatic carbocycles. The second kappa shape index (κ2) is 15.7. The van der Waals surface area contributed by atoms with Gasteiger partial charge in [-0.2, -0.15) is 0 Å². The third kappa shape index (κ3) is 11.7. The topological polar surface area (TPSA) is 81.7 Å². The van der Waals surface area contributed by atoms with Crippen molar-refractivity contribution < 1.29 is 37.9 Å². The lowest BCUT2D eigenvalue weighted by atomic mass is 10.5. The Kier molecular flexibility index (Phi) is 15.2. The summed E-state index contributed by atoms with van der Waals surface area (Å²) >= 11 is 0. The fraction of sp³-hybridized carbons (Fsp3) is 0.800. The van der Waals surface area contributed by atoms with E-state index >= 15 is 0 Å². The molecule has 0 spiro atoms. The zero-order valence-corrected chi connectivity index (χ0v) is 15.9. The van der Waals surface area contributed by atoms with Crippen LogP contribution in [0.5, 0.6) is 0 Å². The van der Waals surface area contributed by atoms with Gasteiger partial charge in [0.15, 0.2) is 0 Å². The average Bonchev–Trinajstić information content (AvgIpc) is 2.59. The van der Waals surface area contributed by atoms with Crippen LogP contribution in [0.4, 0.5) is 0 Å². The van der Waals surface area contributed by atoms with Crippen LogP contribution >= 0.6 is 0 Å². The monoisotopic (exact) mass is 366 g/mol. The quantitative estimate of drug-likeness (QED) is 0.0970. The van der Waals surface area contributed by atoms with Crippen molar-refractivity contribution in [2.75, 3.05) is 26.4 Å². The Balaban J connectivity index is 4.64. The number of hydrogen-bond acceptors (Lipinski definition) is 8. The molecule has 0 amide bonds. The van der Waals surface area contributed by atoms with E-state index in [2.05, 4.69) is 6.58 Å². The van der Waals surface area contributed by atoms with E-state index in [1.165, 1.54) is 0 Å². The summed E-state index contributed by atoms with van der Waals surface area (Å²) in [4.78, 5) is 26.5. The van der Waals surface area contributed by atoms with Gasteiger partial charge in [-0.3, -0.25) is 0 Å². The molecule has 0 rings (SSSR count). The first-order valence-electron chi connectivity index (χ1n) is 8.35. The molecule has 0 N–H and O–H groups in total. The molecule has 0 fully saturated rings. The normalized spacial score (nSPS) is 11.5. The van der Waals surface area contributed by atoms with Crippen LogP contribution < -0.4 is 0 Å². The number of ether oxygens (including phenoxy) is 1. The van der Waals surface area contributed by atoms with Crippen molar-refractivity contribution in [2.24, 2.45) is 0 Å². The molecule has 0 heterocycles. The molecule has 24 heavy (non-hydrogen) atoms. The van der Waals surface area contributed by atoms with Gasteiger partial charge in [0, 0.05) is 12.1 Å². The predicted molar refractivity (Wildman–Crippen MR) is 88.3 cm³/mol. The Labute approximate surface area is 145 Å². The molecular weight excluding hydrogens is 336 g/mol. The lowest BCUT2D eigenvalue weighted by Gasteiger charge is -2.25. The number of rotatable bonds is 17. The molecule has 0 aromatic heterocycles. The first-order valence-corrected chi connectivity index (χ1v) is 10.3. The fourth-order valence-electron chi connectivity index (χ4n) is 1.33.